The van der Waals surface area contributed by atoms with Crippen LogP contribution >= 0.6 is 0 Å². The van der Waals surface area contributed by atoms with Crippen LogP contribution in [0.3, 0.4) is 0 Å². The van der Waals surface area contributed by atoms with E-state index in [9.17, 15) is 27.2 Å². The summed E-state index contributed by atoms with van der Waals surface area (Å²) in [5.74, 6) is -1.45. The summed E-state index contributed by atoms with van der Waals surface area (Å²) in [7, 11) is 0. The number of hydrazine groups is 1. The maximum Gasteiger partial charge on any atom is 0.417 e. The Morgan fingerprint density at radius 2 is 1.78 bits per heavy atom. The summed E-state index contributed by atoms with van der Waals surface area (Å²) < 4.78 is 53.7. The average Bonchev–Trinajstić information content (AvgIpc) is 2.86. The predicted octanol–water partition coefficient (Wildman–Crippen LogP) is 5.91. The van der Waals surface area contributed by atoms with Crippen molar-refractivity contribution >= 4 is 11.9 Å². The third-order valence-corrected chi connectivity index (χ3v) is 5.64. The first-order valence-electron chi connectivity index (χ1n) is 11.3. The zero-order chi connectivity index (χ0) is 26.5. The van der Waals surface area contributed by atoms with E-state index in [0.29, 0.717) is 17.8 Å². The second-order valence-electron chi connectivity index (χ2n) is 8.06. The summed E-state index contributed by atoms with van der Waals surface area (Å²) in [4.78, 5) is 28.6. The highest BCUT2D eigenvalue weighted by Gasteiger charge is 2.32. The summed E-state index contributed by atoms with van der Waals surface area (Å²) in [6.45, 7) is 5.17. The number of pyridine rings is 1. The minimum Gasteiger partial charge on any atom is -0.330 e. The Morgan fingerprint density at radius 3 is 2.42 bits per heavy atom. The number of aromatic nitrogens is 1. The minimum atomic E-state index is -4.67. The van der Waals surface area contributed by atoms with Gasteiger partial charge in [0.1, 0.15) is 5.82 Å². The van der Waals surface area contributed by atoms with E-state index in [2.05, 4.69) is 15.7 Å². The average molecular weight is 503 g/mol. The van der Waals surface area contributed by atoms with Gasteiger partial charge in [-0.1, -0.05) is 43.3 Å². The molecule has 3 aromatic rings. The van der Waals surface area contributed by atoms with Crippen LogP contribution in [0, 0.1) is 5.82 Å². The van der Waals surface area contributed by atoms with E-state index in [0.717, 1.165) is 28.8 Å². The molecule has 1 atom stereocenters. The zero-order valence-electron chi connectivity index (χ0n) is 20.0. The van der Waals surface area contributed by atoms with Crippen LogP contribution in [-0.2, 0) is 12.6 Å². The molecule has 0 aliphatic rings. The fourth-order valence-corrected chi connectivity index (χ4v) is 3.68. The van der Waals surface area contributed by atoms with Crippen molar-refractivity contribution in [2.24, 2.45) is 0 Å². The maximum atomic E-state index is 15.0. The second-order valence-corrected chi connectivity index (χ2v) is 8.06. The molecule has 0 bridgehead atoms. The third-order valence-electron chi connectivity index (χ3n) is 5.64. The van der Waals surface area contributed by atoms with Crippen molar-refractivity contribution in [1.82, 2.24) is 20.7 Å². The molecule has 0 spiro atoms. The van der Waals surface area contributed by atoms with Crippen LogP contribution < -0.4 is 10.7 Å². The highest BCUT2D eigenvalue weighted by atomic mass is 19.4. The molecule has 1 unspecified atom stereocenters. The number of carbonyl (C=O) groups excluding carboxylic acids is 2. The number of benzene rings is 2. The molecule has 1 heterocycles. The fraction of sp³-hybridized carbons (Fsp3) is 0.269. The number of alkyl halides is 3. The summed E-state index contributed by atoms with van der Waals surface area (Å²) in [5, 5.41) is 3.49. The van der Waals surface area contributed by atoms with Gasteiger partial charge in [-0.2, -0.15) is 13.2 Å². The first-order valence-corrected chi connectivity index (χ1v) is 11.3. The first-order chi connectivity index (χ1) is 17.0. The molecular weight excluding hydrogens is 476 g/mol. The highest BCUT2D eigenvalue weighted by molar-refractivity contribution is 5.95. The number of nitrogens with zero attached hydrogens (tertiary/aromatic N) is 2. The molecule has 0 saturated carbocycles. The molecule has 190 valence electrons. The summed E-state index contributed by atoms with van der Waals surface area (Å²) in [6, 6.07) is 11.6. The molecule has 1 aromatic heterocycles. The lowest BCUT2D eigenvalue weighted by atomic mass is 9.96. The number of aryl methyl sites for hydroxylation is 1. The summed E-state index contributed by atoms with van der Waals surface area (Å²) in [6.07, 6.45) is -2.31. The Balaban J connectivity index is 1.71. The molecule has 6 nitrogen and oxygen atoms in total. The Hall–Kier alpha value is -3.95. The van der Waals surface area contributed by atoms with Gasteiger partial charge < -0.3 is 5.32 Å². The van der Waals surface area contributed by atoms with Crippen LogP contribution in [0.1, 0.15) is 53.9 Å². The van der Waals surface area contributed by atoms with E-state index < -0.39 is 35.5 Å². The lowest BCUT2D eigenvalue weighted by molar-refractivity contribution is -0.137. The van der Waals surface area contributed by atoms with Crippen LogP contribution in [0.2, 0.25) is 0 Å². The van der Waals surface area contributed by atoms with Crippen LogP contribution in [0.5, 0.6) is 0 Å². The number of hydrogen-bond donors (Lipinski definition) is 2. The predicted molar refractivity (Wildman–Crippen MR) is 127 cm³/mol. The van der Waals surface area contributed by atoms with Gasteiger partial charge in [-0.3, -0.25) is 15.2 Å². The summed E-state index contributed by atoms with van der Waals surface area (Å²) in [5.41, 5.74) is 3.76. The van der Waals surface area contributed by atoms with Gasteiger partial charge in [0, 0.05) is 24.5 Å². The molecule has 0 fully saturated rings. The highest BCUT2D eigenvalue weighted by Crippen LogP contribution is 2.29. The summed E-state index contributed by atoms with van der Waals surface area (Å²) >= 11 is 0. The molecule has 0 aliphatic heterocycles. The van der Waals surface area contributed by atoms with Crippen molar-refractivity contribution in [3.8, 4) is 11.1 Å². The molecule has 0 radical (unpaired) electrons. The van der Waals surface area contributed by atoms with E-state index in [1.54, 1.807) is 26.0 Å². The standard InChI is InChI=1S/C26H26F4N4O2/c1-4-17-8-6-7-9-22(17)18-10-11-21(23(27)13-18)16(3)32-25(36)34(5-2)33-24(35)19-12-20(15-31-14-19)26(28,29)30/h6-16H,4-5H2,1-3H3,(H,32,36)(H,33,35). The van der Waals surface area contributed by atoms with E-state index in [4.69, 9.17) is 0 Å². The van der Waals surface area contributed by atoms with Crippen LogP contribution in [0.15, 0.2) is 60.9 Å². The van der Waals surface area contributed by atoms with Crippen molar-refractivity contribution in [2.75, 3.05) is 6.54 Å². The van der Waals surface area contributed by atoms with Crippen molar-refractivity contribution in [3.63, 3.8) is 0 Å². The SMILES string of the molecule is CCc1ccccc1-c1ccc(C(C)NC(=O)N(CC)NC(=O)c2cncc(C(F)(F)F)c2)c(F)c1. The van der Waals surface area contributed by atoms with Crippen molar-refractivity contribution in [2.45, 2.75) is 39.4 Å². The molecule has 2 N–H and O–H groups in total. The van der Waals surface area contributed by atoms with Gasteiger partial charge in [0.15, 0.2) is 0 Å². The Kier molecular flexibility index (Phi) is 8.29. The first kappa shape index (κ1) is 26.7. The van der Waals surface area contributed by atoms with Gasteiger partial charge in [0.2, 0.25) is 0 Å². The van der Waals surface area contributed by atoms with E-state index in [1.807, 2.05) is 31.2 Å². The van der Waals surface area contributed by atoms with E-state index in [-0.39, 0.29) is 17.7 Å². The van der Waals surface area contributed by atoms with E-state index >= 15 is 0 Å². The molecule has 10 heteroatoms. The second kappa shape index (κ2) is 11.2. The molecule has 3 rings (SSSR count). The quantitative estimate of drug-likeness (QED) is 0.325. The zero-order valence-corrected chi connectivity index (χ0v) is 20.0. The number of urea groups is 1. The Labute approximate surface area is 206 Å². The Morgan fingerprint density at radius 1 is 1.06 bits per heavy atom. The van der Waals surface area contributed by atoms with Gasteiger partial charge in [0.05, 0.1) is 17.2 Å². The number of halogens is 4. The molecule has 3 amide bonds. The van der Waals surface area contributed by atoms with Crippen molar-refractivity contribution in [3.05, 3.63) is 89.0 Å². The normalized spacial score (nSPS) is 12.1. The van der Waals surface area contributed by atoms with Gasteiger partial charge in [-0.15, -0.1) is 0 Å². The van der Waals surface area contributed by atoms with Crippen molar-refractivity contribution < 1.29 is 27.2 Å². The third kappa shape index (κ3) is 6.18. The Bertz CT molecular complexity index is 1250. The number of amides is 3. The largest absolute Gasteiger partial charge is 0.417 e. The van der Waals surface area contributed by atoms with Gasteiger partial charge >= 0.3 is 12.2 Å². The van der Waals surface area contributed by atoms with Crippen LogP contribution in [-0.4, -0.2) is 28.5 Å². The monoisotopic (exact) mass is 502 g/mol. The molecule has 36 heavy (non-hydrogen) atoms. The lowest BCUT2D eigenvalue weighted by Gasteiger charge is -2.25. The molecule has 0 aliphatic carbocycles. The number of hydrogen-bond acceptors (Lipinski definition) is 3. The number of nitrogens with one attached hydrogen (secondary N) is 2. The topological polar surface area (TPSA) is 74.3 Å². The smallest absolute Gasteiger partial charge is 0.330 e. The van der Waals surface area contributed by atoms with Crippen LogP contribution in [0.4, 0.5) is 22.4 Å². The molecular formula is C26H26F4N4O2. The number of rotatable bonds is 6. The van der Waals surface area contributed by atoms with Gasteiger partial charge in [0.25, 0.3) is 5.91 Å². The minimum absolute atomic E-state index is 0.00586. The maximum absolute atomic E-state index is 15.0. The van der Waals surface area contributed by atoms with Gasteiger partial charge in [-0.25, -0.2) is 14.2 Å². The van der Waals surface area contributed by atoms with Crippen molar-refractivity contribution in [1.29, 1.82) is 0 Å². The van der Waals surface area contributed by atoms with E-state index in [1.165, 1.54) is 6.07 Å². The fourth-order valence-electron chi connectivity index (χ4n) is 3.68. The van der Waals surface area contributed by atoms with Gasteiger partial charge in [-0.05, 0) is 49.1 Å². The number of carbonyl (C=O) groups is 2. The molecule has 2 aromatic carbocycles. The molecule has 0 saturated heterocycles. The lowest BCUT2D eigenvalue weighted by Crippen LogP contribution is -2.51. The van der Waals surface area contributed by atoms with Crippen LogP contribution in [0.25, 0.3) is 11.1 Å².